The molecule has 2 aliphatic rings. The zero-order valence-corrected chi connectivity index (χ0v) is 11.0. The average molecular weight is 236 g/mol. The Morgan fingerprint density at radius 3 is 2.29 bits per heavy atom. The normalized spacial score (nSPS) is 26.8. The molecule has 1 aliphatic heterocycles. The zero-order chi connectivity index (χ0) is 12.5. The van der Waals surface area contributed by atoms with E-state index < -0.39 is 5.54 Å². The van der Waals surface area contributed by atoms with Crippen LogP contribution in [0.5, 0.6) is 0 Å². The predicted molar refractivity (Wildman–Crippen MR) is 68.4 cm³/mol. The summed E-state index contributed by atoms with van der Waals surface area (Å²) in [5.74, 6) is 0.444. The highest BCUT2D eigenvalue weighted by Gasteiger charge is 2.44. The average Bonchev–Trinajstić information content (AvgIpc) is 3.13. The fourth-order valence-corrected chi connectivity index (χ4v) is 2.82. The molecule has 96 valence electrons. The van der Waals surface area contributed by atoms with E-state index >= 15 is 0 Å². The monoisotopic (exact) mass is 236 g/mol. The summed E-state index contributed by atoms with van der Waals surface area (Å²) in [5, 5.41) is 9.26. The fourth-order valence-electron chi connectivity index (χ4n) is 2.82. The number of nitrogens with zero attached hydrogens (tertiary/aromatic N) is 3. The summed E-state index contributed by atoms with van der Waals surface area (Å²) in [4.78, 5) is 4.68. The molecule has 1 saturated carbocycles. The van der Waals surface area contributed by atoms with Crippen LogP contribution in [0, 0.1) is 17.2 Å². The summed E-state index contributed by atoms with van der Waals surface area (Å²) >= 11 is 0. The van der Waals surface area contributed by atoms with Crippen molar-refractivity contribution >= 4 is 0 Å². The minimum absolute atomic E-state index is 0.444. The summed E-state index contributed by atoms with van der Waals surface area (Å²) in [6, 6.07) is 3.04. The molecule has 1 atom stereocenters. The van der Waals surface area contributed by atoms with Crippen LogP contribution < -0.4 is 5.73 Å². The number of rotatable bonds is 4. The summed E-state index contributed by atoms with van der Waals surface area (Å²) in [6.07, 6.45) is 4.66. The van der Waals surface area contributed by atoms with Gasteiger partial charge in [0.15, 0.2) is 0 Å². The number of likely N-dealkylation sites (tertiary alicyclic amines) is 1. The third-order valence-corrected chi connectivity index (χ3v) is 4.29. The van der Waals surface area contributed by atoms with Gasteiger partial charge in [-0.15, -0.1) is 0 Å². The Morgan fingerprint density at radius 2 is 1.88 bits per heavy atom. The molecule has 1 unspecified atom stereocenters. The Bertz CT molecular complexity index is 297. The maximum Gasteiger partial charge on any atom is 0.119 e. The first-order chi connectivity index (χ1) is 8.05. The molecule has 0 aromatic rings. The van der Waals surface area contributed by atoms with Crippen LogP contribution in [0.4, 0.5) is 0 Å². The Morgan fingerprint density at radius 1 is 1.29 bits per heavy atom. The molecule has 0 bridgehead atoms. The highest BCUT2D eigenvalue weighted by molar-refractivity contribution is 5.14. The number of hydrogen-bond donors (Lipinski definition) is 1. The molecule has 4 nitrogen and oxygen atoms in total. The number of piperidine rings is 1. The molecule has 0 aromatic carbocycles. The number of nitrogens with two attached hydrogens (primary N) is 1. The van der Waals surface area contributed by atoms with Crippen LogP contribution in [0.15, 0.2) is 0 Å². The third kappa shape index (κ3) is 2.98. The lowest BCUT2D eigenvalue weighted by Crippen LogP contribution is -2.53. The van der Waals surface area contributed by atoms with Crippen LogP contribution in [-0.4, -0.2) is 55.1 Å². The summed E-state index contributed by atoms with van der Waals surface area (Å²) in [5.41, 5.74) is 5.62. The molecule has 1 saturated heterocycles. The van der Waals surface area contributed by atoms with Crippen LogP contribution in [0.3, 0.4) is 0 Å². The van der Waals surface area contributed by atoms with Gasteiger partial charge in [-0.2, -0.15) is 5.26 Å². The lowest BCUT2D eigenvalue weighted by molar-refractivity contribution is 0.127. The molecule has 0 aromatic heterocycles. The van der Waals surface area contributed by atoms with Crippen molar-refractivity contribution in [1.82, 2.24) is 9.80 Å². The van der Waals surface area contributed by atoms with E-state index in [-0.39, 0.29) is 0 Å². The molecule has 1 aliphatic carbocycles. The quantitative estimate of drug-likeness (QED) is 0.778. The number of hydrogen-bond acceptors (Lipinski definition) is 4. The Balaban J connectivity index is 1.83. The molecule has 2 rings (SSSR count). The van der Waals surface area contributed by atoms with E-state index in [2.05, 4.69) is 30.0 Å². The largest absolute Gasteiger partial charge is 0.312 e. The SMILES string of the molecule is CN(C)C1CCN(CC(N)(C#N)C2CC2)CC1. The van der Waals surface area contributed by atoms with E-state index in [4.69, 9.17) is 5.73 Å². The first-order valence-electron chi connectivity index (χ1n) is 6.64. The van der Waals surface area contributed by atoms with Gasteiger partial charge in [0.05, 0.1) is 6.07 Å². The second-order valence-electron chi connectivity index (χ2n) is 5.90. The summed E-state index contributed by atoms with van der Waals surface area (Å²) in [6.45, 7) is 2.92. The van der Waals surface area contributed by atoms with Gasteiger partial charge < -0.3 is 15.5 Å². The van der Waals surface area contributed by atoms with Gasteiger partial charge in [-0.1, -0.05) is 0 Å². The van der Waals surface area contributed by atoms with Crippen molar-refractivity contribution in [1.29, 1.82) is 5.26 Å². The predicted octanol–water partition coefficient (Wildman–Crippen LogP) is 0.643. The van der Waals surface area contributed by atoms with Gasteiger partial charge >= 0.3 is 0 Å². The lowest BCUT2D eigenvalue weighted by atomic mass is 9.94. The van der Waals surface area contributed by atoms with Crippen LogP contribution in [0.2, 0.25) is 0 Å². The molecule has 1 heterocycles. The fraction of sp³-hybridized carbons (Fsp3) is 0.923. The van der Waals surface area contributed by atoms with Crippen molar-refractivity contribution in [2.24, 2.45) is 11.7 Å². The smallest absolute Gasteiger partial charge is 0.119 e. The lowest BCUT2D eigenvalue weighted by Gasteiger charge is -2.38. The van der Waals surface area contributed by atoms with Gasteiger partial charge in [0.1, 0.15) is 5.54 Å². The second kappa shape index (κ2) is 4.93. The Labute approximate surface area is 104 Å². The van der Waals surface area contributed by atoms with Crippen molar-refractivity contribution in [2.75, 3.05) is 33.7 Å². The summed E-state index contributed by atoms with van der Waals surface area (Å²) < 4.78 is 0. The first-order valence-corrected chi connectivity index (χ1v) is 6.64. The molecule has 2 fully saturated rings. The maximum absolute atomic E-state index is 9.26. The van der Waals surface area contributed by atoms with Crippen LogP contribution >= 0.6 is 0 Å². The van der Waals surface area contributed by atoms with Crippen molar-refractivity contribution in [3.8, 4) is 6.07 Å². The van der Waals surface area contributed by atoms with Crippen molar-refractivity contribution in [3.05, 3.63) is 0 Å². The Kier molecular flexibility index (Phi) is 3.72. The molecular weight excluding hydrogens is 212 g/mol. The van der Waals surface area contributed by atoms with E-state index in [1.807, 2.05) is 0 Å². The molecular formula is C13H24N4. The molecule has 0 radical (unpaired) electrons. The Hall–Kier alpha value is -0.630. The second-order valence-corrected chi connectivity index (χ2v) is 5.90. The number of nitriles is 1. The topological polar surface area (TPSA) is 56.3 Å². The van der Waals surface area contributed by atoms with Crippen molar-refractivity contribution in [3.63, 3.8) is 0 Å². The van der Waals surface area contributed by atoms with Gasteiger partial charge in [0.2, 0.25) is 0 Å². The molecule has 2 N–H and O–H groups in total. The standard InChI is InChI=1S/C13H24N4/c1-16(2)12-5-7-17(8-6-12)10-13(15,9-14)11-3-4-11/h11-12H,3-8,10,15H2,1-2H3. The van der Waals surface area contributed by atoms with Crippen LogP contribution in [0.1, 0.15) is 25.7 Å². The minimum atomic E-state index is -0.592. The van der Waals surface area contributed by atoms with Crippen LogP contribution in [0.25, 0.3) is 0 Å². The van der Waals surface area contributed by atoms with Gasteiger partial charge in [-0.3, -0.25) is 0 Å². The van der Waals surface area contributed by atoms with E-state index in [9.17, 15) is 5.26 Å². The van der Waals surface area contributed by atoms with Crippen LogP contribution in [-0.2, 0) is 0 Å². The molecule has 4 heteroatoms. The van der Waals surface area contributed by atoms with E-state index in [1.54, 1.807) is 0 Å². The van der Waals surface area contributed by atoms with Gasteiger partial charge in [0.25, 0.3) is 0 Å². The van der Waals surface area contributed by atoms with E-state index in [1.165, 1.54) is 12.8 Å². The van der Waals surface area contributed by atoms with E-state index in [0.29, 0.717) is 12.0 Å². The molecule has 17 heavy (non-hydrogen) atoms. The maximum atomic E-state index is 9.26. The van der Waals surface area contributed by atoms with Gasteiger partial charge in [-0.25, -0.2) is 0 Å². The van der Waals surface area contributed by atoms with Gasteiger partial charge in [-0.05, 0) is 58.8 Å². The molecule has 0 amide bonds. The minimum Gasteiger partial charge on any atom is -0.312 e. The van der Waals surface area contributed by atoms with Crippen molar-refractivity contribution < 1.29 is 0 Å². The zero-order valence-electron chi connectivity index (χ0n) is 11.0. The van der Waals surface area contributed by atoms with Crippen molar-refractivity contribution in [2.45, 2.75) is 37.3 Å². The highest BCUT2D eigenvalue weighted by Crippen LogP contribution is 2.38. The third-order valence-electron chi connectivity index (χ3n) is 4.29. The van der Waals surface area contributed by atoms with Gasteiger partial charge in [0, 0.05) is 12.6 Å². The van der Waals surface area contributed by atoms with E-state index in [0.717, 1.165) is 32.5 Å². The molecule has 0 spiro atoms. The summed E-state index contributed by atoms with van der Waals surface area (Å²) in [7, 11) is 4.29. The first kappa shape index (κ1) is 12.8. The highest BCUT2D eigenvalue weighted by atomic mass is 15.2.